The third-order valence-electron chi connectivity index (χ3n) is 4.40. The van der Waals surface area contributed by atoms with E-state index in [4.69, 9.17) is 0 Å². The normalized spacial score (nSPS) is 24.3. The molecule has 5 heteroatoms. The van der Waals surface area contributed by atoms with Crippen LogP contribution in [0.1, 0.15) is 39.4 Å². The van der Waals surface area contributed by atoms with E-state index in [1.54, 1.807) is 6.33 Å². The Morgan fingerprint density at radius 1 is 1.44 bits per heavy atom. The van der Waals surface area contributed by atoms with Crippen LogP contribution in [0.15, 0.2) is 6.33 Å². The molecule has 2 rings (SSSR count). The Bertz CT molecular complexity index is 382. The number of nitrogens with zero attached hydrogens (tertiary/aromatic N) is 4. The van der Waals surface area contributed by atoms with Crippen molar-refractivity contribution in [1.29, 1.82) is 0 Å². The number of aryl methyl sites for hydroxylation is 1. The summed E-state index contributed by atoms with van der Waals surface area (Å²) in [5.74, 6) is 1.05. The van der Waals surface area contributed by atoms with Crippen molar-refractivity contribution in [2.45, 2.75) is 51.7 Å². The molecule has 1 N–H and O–H groups in total. The minimum Gasteiger partial charge on any atom is -0.308 e. The van der Waals surface area contributed by atoms with Crippen LogP contribution in [0.2, 0.25) is 0 Å². The van der Waals surface area contributed by atoms with Crippen LogP contribution in [0.3, 0.4) is 0 Å². The highest BCUT2D eigenvalue weighted by Gasteiger charge is 2.35. The first-order valence-electron chi connectivity index (χ1n) is 6.92. The van der Waals surface area contributed by atoms with E-state index in [2.05, 4.69) is 41.1 Å². The predicted molar refractivity (Wildman–Crippen MR) is 72.2 cm³/mol. The quantitative estimate of drug-likeness (QED) is 0.872. The van der Waals surface area contributed by atoms with E-state index in [1.807, 2.05) is 11.7 Å². The van der Waals surface area contributed by atoms with Gasteiger partial charge in [-0.3, -0.25) is 9.58 Å². The lowest BCUT2D eigenvalue weighted by atomic mass is 9.89. The molecule has 1 aromatic rings. The molecule has 0 aliphatic carbocycles. The van der Waals surface area contributed by atoms with Gasteiger partial charge in [0.1, 0.15) is 12.2 Å². The Kier molecular flexibility index (Phi) is 4.02. The molecule has 0 spiro atoms. The molecule has 0 aromatic carbocycles. The van der Waals surface area contributed by atoms with E-state index in [-0.39, 0.29) is 5.54 Å². The highest BCUT2D eigenvalue weighted by Crippen LogP contribution is 2.23. The van der Waals surface area contributed by atoms with Crippen molar-refractivity contribution in [2.24, 2.45) is 7.05 Å². The third-order valence-corrected chi connectivity index (χ3v) is 4.40. The van der Waals surface area contributed by atoms with E-state index in [0.29, 0.717) is 6.04 Å². The second kappa shape index (κ2) is 5.36. The van der Waals surface area contributed by atoms with Crippen LogP contribution in [0.25, 0.3) is 0 Å². The van der Waals surface area contributed by atoms with Crippen molar-refractivity contribution < 1.29 is 0 Å². The van der Waals surface area contributed by atoms with Crippen molar-refractivity contribution in [2.75, 3.05) is 13.1 Å². The van der Waals surface area contributed by atoms with Crippen molar-refractivity contribution in [3.8, 4) is 0 Å². The summed E-state index contributed by atoms with van der Waals surface area (Å²) in [4.78, 5) is 6.85. The number of nitrogens with one attached hydrogen (secondary N) is 1. The highest BCUT2D eigenvalue weighted by atomic mass is 15.3. The van der Waals surface area contributed by atoms with E-state index in [1.165, 1.54) is 12.8 Å². The van der Waals surface area contributed by atoms with Gasteiger partial charge in [-0.05, 0) is 19.8 Å². The predicted octanol–water partition coefficient (Wildman–Crippen LogP) is 1.17. The average Bonchev–Trinajstić information content (AvgIpc) is 2.78. The van der Waals surface area contributed by atoms with Crippen LogP contribution in [-0.4, -0.2) is 44.3 Å². The Morgan fingerprint density at radius 3 is 2.72 bits per heavy atom. The molecular weight excluding hydrogens is 226 g/mol. The van der Waals surface area contributed by atoms with Gasteiger partial charge in [0.15, 0.2) is 0 Å². The molecule has 18 heavy (non-hydrogen) atoms. The summed E-state index contributed by atoms with van der Waals surface area (Å²) in [6.45, 7) is 9.85. The zero-order chi connectivity index (χ0) is 13.2. The van der Waals surface area contributed by atoms with Crippen LogP contribution in [0.4, 0.5) is 0 Å². The second-order valence-electron chi connectivity index (χ2n) is 5.42. The molecule has 1 saturated heterocycles. The zero-order valence-electron chi connectivity index (χ0n) is 12.0. The first-order chi connectivity index (χ1) is 8.60. The standard InChI is InChI=1S/C13H25N5/c1-5-13(6-2)9-18(11(3)7-15-13)8-12-14-10-16-17(12)4/h10-11,15H,5-9H2,1-4H3. The summed E-state index contributed by atoms with van der Waals surface area (Å²) >= 11 is 0. The SMILES string of the molecule is CCC1(CC)CN(Cc2ncnn2C)C(C)CN1. The van der Waals surface area contributed by atoms with Crippen LogP contribution < -0.4 is 5.32 Å². The van der Waals surface area contributed by atoms with Gasteiger partial charge in [-0.2, -0.15) is 5.10 Å². The number of aromatic nitrogens is 3. The van der Waals surface area contributed by atoms with Gasteiger partial charge in [-0.15, -0.1) is 0 Å². The third kappa shape index (κ3) is 2.57. The van der Waals surface area contributed by atoms with Gasteiger partial charge in [-0.1, -0.05) is 13.8 Å². The minimum absolute atomic E-state index is 0.269. The van der Waals surface area contributed by atoms with Gasteiger partial charge in [0.05, 0.1) is 6.54 Å². The summed E-state index contributed by atoms with van der Waals surface area (Å²) < 4.78 is 1.87. The Hall–Kier alpha value is -0.940. The fourth-order valence-corrected chi connectivity index (χ4v) is 2.67. The van der Waals surface area contributed by atoms with E-state index < -0.39 is 0 Å². The Morgan fingerprint density at radius 2 is 2.17 bits per heavy atom. The average molecular weight is 251 g/mol. The fraction of sp³-hybridized carbons (Fsp3) is 0.846. The summed E-state index contributed by atoms with van der Waals surface area (Å²) in [7, 11) is 1.96. The number of hydrogen-bond donors (Lipinski definition) is 1. The molecule has 1 fully saturated rings. The first-order valence-corrected chi connectivity index (χ1v) is 6.92. The minimum atomic E-state index is 0.269. The number of piperazine rings is 1. The molecule has 0 radical (unpaired) electrons. The van der Waals surface area contributed by atoms with E-state index in [0.717, 1.165) is 25.5 Å². The van der Waals surface area contributed by atoms with Crippen molar-refractivity contribution >= 4 is 0 Å². The lowest BCUT2D eigenvalue weighted by Gasteiger charge is -2.46. The maximum atomic E-state index is 4.33. The molecule has 1 atom stereocenters. The molecule has 2 heterocycles. The van der Waals surface area contributed by atoms with Crippen LogP contribution in [-0.2, 0) is 13.6 Å². The first kappa shape index (κ1) is 13.5. The molecule has 5 nitrogen and oxygen atoms in total. The van der Waals surface area contributed by atoms with Crippen molar-refractivity contribution in [1.82, 2.24) is 25.0 Å². The second-order valence-corrected chi connectivity index (χ2v) is 5.42. The molecule has 1 aliphatic rings. The number of rotatable bonds is 4. The molecule has 0 amide bonds. The highest BCUT2D eigenvalue weighted by molar-refractivity contribution is 4.97. The molecular formula is C13H25N5. The summed E-state index contributed by atoms with van der Waals surface area (Å²) in [6, 6.07) is 0.549. The van der Waals surface area contributed by atoms with Gasteiger partial charge in [0.2, 0.25) is 0 Å². The van der Waals surface area contributed by atoms with E-state index >= 15 is 0 Å². The lowest BCUT2D eigenvalue weighted by Crippen LogP contribution is -2.62. The summed E-state index contributed by atoms with van der Waals surface area (Å²) in [5, 5.41) is 7.87. The van der Waals surface area contributed by atoms with Crippen molar-refractivity contribution in [3.63, 3.8) is 0 Å². The molecule has 0 bridgehead atoms. The Balaban J connectivity index is 2.08. The molecule has 1 unspecified atom stereocenters. The maximum Gasteiger partial charge on any atom is 0.140 e. The zero-order valence-corrected chi connectivity index (χ0v) is 12.0. The van der Waals surface area contributed by atoms with Gasteiger partial charge < -0.3 is 5.32 Å². The van der Waals surface area contributed by atoms with Crippen molar-refractivity contribution in [3.05, 3.63) is 12.2 Å². The largest absolute Gasteiger partial charge is 0.308 e. The smallest absolute Gasteiger partial charge is 0.140 e. The van der Waals surface area contributed by atoms with Gasteiger partial charge in [-0.25, -0.2) is 4.98 Å². The van der Waals surface area contributed by atoms with E-state index in [9.17, 15) is 0 Å². The molecule has 1 aliphatic heterocycles. The fourth-order valence-electron chi connectivity index (χ4n) is 2.67. The van der Waals surface area contributed by atoms with Gasteiger partial charge in [0, 0.05) is 31.7 Å². The maximum absolute atomic E-state index is 4.33. The summed E-state index contributed by atoms with van der Waals surface area (Å²) in [6.07, 6.45) is 3.98. The molecule has 0 saturated carbocycles. The summed E-state index contributed by atoms with van der Waals surface area (Å²) in [5.41, 5.74) is 0.269. The van der Waals surface area contributed by atoms with Gasteiger partial charge in [0.25, 0.3) is 0 Å². The lowest BCUT2D eigenvalue weighted by molar-refractivity contribution is 0.0715. The van der Waals surface area contributed by atoms with Crippen LogP contribution >= 0.6 is 0 Å². The number of hydrogen-bond acceptors (Lipinski definition) is 4. The van der Waals surface area contributed by atoms with Gasteiger partial charge >= 0.3 is 0 Å². The van der Waals surface area contributed by atoms with Crippen LogP contribution in [0.5, 0.6) is 0 Å². The molecule has 1 aromatic heterocycles. The molecule has 102 valence electrons. The van der Waals surface area contributed by atoms with Crippen LogP contribution in [0, 0.1) is 0 Å². The Labute approximate surface area is 110 Å². The monoisotopic (exact) mass is 251 g/mol. The topological polar surface area (TPSA) is 46.0 Å².